The SMILES string of the molecule is CC1CC(=O)NC(=O)C1c1ccccc1. The van der Waals surface area contributed by atoms with Gasteiger partial charge in [-0.2, -0.15) is 0 Å². The number of amides is 2. The average Bonchev–Trinajstić information content (AvgIpc) is 2.17. The Morgan fingerprint density at radius 2 is 1.87 bits per heavy atom. The third kappa shape index (κ3) is 1.91. The zero-order valence-electron chi connectivity index (χ0n) is 8.57. The van der Waals surface area contributed by atoms with E-state index in [-0.39, 0.29) is 23.7 Å². The topological polar surface area (TPSA) is 46.2 Å². The summed E-state index contributed by atoms with van der Waals surface area (Å²) < 4.78 is 0. The van der Waals surface area contributed by atoms with Crippen LogP contribution in [0, 0.1) is 5.92 Å². The van der Waals surface area contributed by atoms with Gasteiger partial charge in [-0.25, -0.2) is 0 Å². The lowest BCUT2D eigenvalue weighted by Gasteiger charge is -2.27. The van der Waals surface area contributed by atoms with Crippen molar-refractivity contribution in [3.63, 3.8) is 0 Å². The van der Waals surface area contributed by atoms with Crippen LogP contribution in [-0.4, -0.2) is 11.8 Å². The van der Waals surface area contributed by atoms with Crippen molar-refractivity contribution in [2.75, 3.05) is 0 Å². The third-order valence-electron chi connectivity index (χ3n) is 2.78. The van der Waals surface area contributed by atoms with E-state index in [0.717, 1.165) is 5.56 Å². The molecule has 0 radical (unpaired) electrons. The van der Waals surface area contributed by atoms with Crippen molar-refractivity contribution in [2.45, 2.75) is 19.3 Å². The molecule has 3 heteroatoms. The van der Waals surface area contributed by atoms with E-state index < -0.39 is 0 Å². The third-order valence-corrected chi connectivity index (χ3v) is 2.78. The highest BCUT2D eigenvalue weighted by atomic mass is 16.2. The number of hydrogen-bond acceptors (Lipinski definition) is 2. The van der Waals surface area contributed by atoms with E-state index in [1.54, 1.807) is 0 Å². The molecule has 2 unspecified atom stereocenters. The van der Waals surface area contributed by atoms with E-state index >= 15 is 0 Å². The Morgan fingerprint density at radius 1 is 1.20 bits per heavy atom. The van der Waals surface area contributed by atoms with Gasteiger partial charge >= 0.3 is 0 Å². The summed E-state index contributed by atoms with van der Waals surface area (Å²) in [6.45, 7) is 1.94. The van der Waals surface area contributed by atoms with Crippen molar-refractivity contribution in [1.29, 1.82) is 0 Å². The number of rotatable bonds is 1. The van der Waals surface area contributed by atoms with E-state index in [1.165, 1.54) is 0 Å². The lowest BCUT2D eigenvalue weighted by molar-refractivity contribution is -0.136. The molecule has 1 fully saturated rings. The maximum atomic E-state index is 11.7. The molecule has 2 atom stereocenters. The Hall–Kier alpha value is -1.64. The molecule has 0 aliphatic carbocycles. The van der Waals surface area contributed by atoms with Crippen LogP contribution in [0.5, 0.6) is 0 Å². The van der Waals surface area contributed by atoms with Crippen molar-refractivity contribution in [3.8, 4) is 0 Å². The van der Waals surface area contributed by atoms with Gasteiger partial charge in [0.2, 0.25) is 11.8 Å². The van der Waals surface area contributed by atoms with Crippen molar-refractivity contribution < 1.29 is 9.59 Å². The number of piperidine rings is 1. The first kappa shape index (κ1) is 9.90. The smallest absolute Gasteiger partial charge is 0.234 e. The fraction of sp³-hybridized carbons (Fsp3) is 0.333. The van der Waals surface area contributed by atoms with Gasteiger partial charge in [0, 0.05) is 6.42 Å². The predicted molar refractivity (Wildman–Crippen MR) is 56.1 cm³/mol. The van der Waals surface area contributed by atoms with Gasteiger partial charge in [0.05, 0.1) is 5.92 Å². The Kier molecular flexibility index (Phi) is 2.54. The van der Waals surface area contributed by atoms with Crippen LogP contribution in [0.2, 0.25) is 0 Å². The summed E-state index contributed by atoms with van der Waals surface area (Å²) in [4.78, 5) is 22.8. The first-order valence-electron chi connectivity index (χ1n) is 5.07. The summed E-state index contributed by atoms with van der Waals surface area (Å²) in [5.41, 5.74) is 0.981. The van der Waals surface area contributed by atoms with E-state index in [4.69, 9.17) is 0 Å². The van der Waals surface area contributed by atoms with E-state index in [9.17, 15) is 9.59 Å². The van der Waals surface area contributed by atoms with Crippen LogP contribution >= 0.6 is 0 Å². The van der Waals surface area contributed by atoms with Crippen LogP contribution < -0.4 is 5.32 Å². The zero-order valence-corrected chi connectivity index (χ0v) is 8.57. The van der Waals surface area contributed by atoms with Crippen LogP contribution in [0.4, 0.5) is 0 Å². The summed E-state index contributed by atoms with van der Waals surface area (Å²) in [7, 11) is 0. The van der Waals surface area contributed by atoms with Crippen LogP contribution in [0.1, 0.15) is 24.8 Å². The number of imide groups is 1. The van der Waals surface area contributed by atoms with Gasteiger partial charge in [0.15, 0.2) is 0 Å². The molecule has 0 saturated carbocycles. The first-order chi connectivity index (χ1) is 7.18. The maximum absolute atomic E-state index is 11.7. The second-order valence-corrected chi connectivity index (χ2v) is 3.98. The normalized spacial score (nSPS) is 26.2. The van der Waals surface area contributed by atoms with Gasteiger partial charge in [0.25, 0.3) is 0 Å². The highest BCUT2D eigenvalue weighted by Gasteiger charge is 2.33. The maximum Gasteiger partial charge on any atom is 0.234 e. The van der Waals surface area contributed by atoms with Crippen molar-refractivity contribution in [1.82, 2.24) is 5.32 Å². The minimum absolute atomic E-state index is 0.0775. The van der Waals surface area contributed by atoms with Gasteiger partial charge in [-0.05, 0) is 11.5 Å². The fourth-order valence-electron chi connectivity index (χ4n) is 2.08. The molecule has 78 valence electrons. The minimum atomic E-state index is -0.191. The molecular weight excluding hydrogens is 190 g/mol. The predicted octanol–water partition coefficient (Wildman–Crippen LogP) is 1.45. The number of carbonyl (C=O) groups excluding carboxylic acids is 2. The summed E-state index contributed by atoms with van der Waals surface area (Å²) in [5.74, 6) is -0.456. The van der Waals surface area contributed by atoms with E-state index in [1.807, 2.05) is 37.3 Å². The number of benzene rings is 1. The molecule has 2 amide bonds. The summed E-state index contributed by atoms with van der Waals surface area (Å²) in [6.07, 6.45) is 0.422. The standard InChI is InChI=1S/C12H13NO2/c1-8-7-10(14)13-12(15)11(8)9-5-3-2-4-6-9/h2-6,8,11H,7H2,1H3,(H,13,14,15). The Morgan fingerprint density at radius 3 is 2.47 bits per heavy atom. The Balaban J connectivity index is 2.29. The molecule has 1 N–H and O–H groups in total. The van der Waals surface area contributed by atoms with Crippen LogP contribution in [0.15, 0.2) is 30.3 Å². The fourth-order valence-corrected chi connectivity index (χ4v) is 2.08. The quantitative estimate of drug-likeness (QED) is 0.702. The van der Waals surface area contributed by atoms with Crippen molar-refractivity contribution >= 4 is 11.8 Å². The lowest BCUT2D eigenvalue weighted by atomic mass is 9.82. The molecule has 0 spiro atoms. The van der Waals surface area contributed by atoms with Gasteiger partial charge < -0.3 is 0 Å². The van der Waals surface area contributed by atoms with Gasteiger partial charge in [-0.3, -0.25) is 14.9 Å². The number of hydrogen-bond donors (Lipinski definition) is 1. The molecule has 2 rings (SSSR count). The van der Waals surface area contributed by atoms with Crippen LogP contribution in [0.25, 0.3) is 0 Å². The monoisotopic (exact) mass is 203 g/mol. The van der Waals surface area contributed by atoms with Gasteiger partial charge in [-0.15, -0.1) is 0 Å². The molecule has 1 aliphatic heterocycles. The van der Waals surface area contributed by atoms with E-state index in [2.05, 4.69) is 5.32 Å². The average molecular weight is 203 g/mol. The summed E-state index contributed by atoms with van der Waals surface area (Å²) >= 11 is 0. The first-order valence-corrected chi connectivity index (χ1v) is 5.07. The van der Waals surface area contributed by atoms with E-state index in [0.29, 0.717) is 6.42 Å². The Labute approximate surface area is 88.5 Å². The second kappa shape index (κ2) is 3.85. The molecule has 3 nitrogen and oxygen atoms in total. The minimum Gasteiger partial charge on any atom is -0.296 e. The highest BCUT2D eigenvalue weighted by Crippen LogP contribution is 2.29. The largest absolute Gasteiger partial charge is 0.296 e. The second-order valence-electron chi connectivity index (χ2n) is 3.98. The van der Waals surface area contributed by atoms with Crippen LogP contribution in [0.3, 0.4) is 0 Å². The van der Waals surface area contributed by atoms with Gasteiger partial charge in [0.1, 0.15) is 0 Å². The summed E-state index contributed by atoms with van der Waals surface area (Å²) in [6, 6.07) is 9.59. The van der Waals surface area contributed by atoms with Crippen molar-refractivity contribution in [2.24, 2.45) is 5.92 Å². The highest BCUT2D eigenvalue weighted by molar-refractivity contribution is 6.01. The van der Waals surface area contributed by atoms with Crippen molar-refractivity contribution in [3.05, 3.63) is 35.9 Å². The molecule has 1 aromatic carbocycles. The number of nitrogens with one attached hydrogen (secondary N) is 1. The van der Waals surface area contributed by atoms with Gasteiger partial charge in [-0.1, -0.05) is 37.3 Å². The lowest BCUT2D eigenvalue weighted by Crippen LogP contribution is -2.43. The number of carbonyl (C=O) groups is 2. The molecule has 1 aliphatic rings. The molecule has 0 aromatic heterocycles. The molecule has 1 saturated heterocycles. The molecule has 1 aromatic rings. The molecule has 1 heterocycles. The summed E-state index contributed by atoms with van der Waals surface area (Å²) in [5, 5.41) is 2.38. The van der Waals surface area contributed by atoms with Crippen LogP contribution in [-0.2, 0) is 9.59 Å². The molecule has 15 heavy (non-hydrogen) atoms. The molecule has 0 bridgehead atoms. The Bertz CT molecular complexity index is 386. The zero-order chi connectivity index (χ0) is 10.8. The molecular formula is C12H13NO2.